The summed E-state index contributed by atoms with van der Waals surface area (Å²) in [6, 6.07) is -1.16. The summed E-state index contributed by atoms with van der Waals surface area (Å²) >= 11 is 0. The molecule has 0 saturated carbocycles. The Morgan fingerprint density at radius 1 is 0.632 bits per heavy atom. The van der Waals surface area contributed by atoms with Crippen molar-refractivity contribution in [2.45, 2.75) is 244 Å². The molecule has 0 bridgehead atoms. The molecule has 0 unspecified atom stereocenters. The minimum atomic E-state index is -2.19. The molecular formula is C45H85N3O9. The molecule has 6 atom stereocenters. The van der Waals surface area contributed by atoms with Gasteiger partial charge in [0, 0.05) is 25.8 Å². The van der Waals surface area contributed by atoms with Gasteiger partial charge < -0.3 is 35.4 Å². The number of carbonyl (C=O) groups is 4. The van der Waals surface area contributed by atoms with E-state index in [1.165, 1.54) is 115 Å². The summed E-state index contributed by atoms with van der Waals surface area (Å²) in [7, 11) is 0. The van der Waals surface area contributed by atoms with Crippen LogP contribution in [-0.4, -0.2) is 92.2 Å². The van der Waals surface area contributed by atoms with E-state index in [1.807, 2.05) is 0 Å². The first-order chi connectivity index (χ1) is 27.4. The fourth-order valence-electron chi connectivity index (χ4n) is 8.05. The third-order valence-corrected chi connectivity index (χ3v) is 11.6. The van der Waals surface area contributed by atoms with Crippen LogP contribution in [0.1, 0.15) is 213 Å². The summed E-state index contributed by atoms with van der Waals surface area (Å²) in [5.41, 5.74) is 6.95. The molecule has 7 N–H and O–H groups in total. The number of carboxylic acid groups (broad SMARTS) is 1. The predicted molar refractivity (Wildman–Crippen MR) is 226 cm³/mol. The number of ether oxygens (including phenoxy) is 1. The molecule has 0 aliphatic carbocycles. The van der Waals surface area contributed by atoms with Crippen LogP contribution in [0, 0.1) is 5.92 Å². The molecule has 57 heavy (non-hydrogen) atoms. The van der Waals surface area contributed by atoms with Crippen molar-refractivity contribution < 1.29 is 44.3 Å². The standard InChI is InChI=1S/C45H85N3O9/c1-4-6-8-10-12-14-15-16-17-18-19-20-22-24-26-30-34-48(39(51)32-27-25-23-21-13-11-9-7-5-2)45(46)41(44(56)43(55)37(35-49)57-45)42(54)36(3)47-38(50)31-28-29-33-40(52)53/h36-37,41,43-44,49,55-56H,4-35,46H2,1-3H3,(H,47,50)(H,52,53)/t36-,37+,41+,43+,44+,45-/m0/s1. The number of unbranched alkanes of at least 4 members (excludes halogenated alkanes) is 24. The fraction of sp³-hybridized carbons (Fsp3) is 0.911. The number of aliphatic carboxylic acids is 1. The minimum absolute atomic E-state index is 0.000203. The van der Waals surface area contributed by atoms with Crippen molar-refractivity contribution in [3.63, 3.8) is 0 Å². The second-order valence-corrected chi connectivity index (χ2v) is 16.8. The van der Waals surface area contributed by atoms with E-state index in [1.54, 1.807) is 0 Å². The van der Waals surface area contributed by atoms with Gasteiger partial charge in [0.15, 0.2) is 5.78 Å². The van der Waals surface area contributed by atoms with Crippen LogP contribution in [0.3, 0.4) is 0 Å². The molecule has 0 radical (unpaired) electrons. The Kier molecular flexibility index (Phi) is 30.3. The van der Waals surface area contributed by atoms with E-state index < -0.39 is 60.4 Å². The highest BCUT2D eigenvalue weighted by Crippen LogP contribution is 2.36. The first-order valence-electron chi connectivity index (χ1n) is 23.2. The maximum absolute atomic E-state index is 14.1. The molecule has 2 amide bonds. The number of nitrogens with two attached hydrogens (primary N) is 1. The second-order valence-electron chi connectivity index (χ2n) is 16.8. The molecule has 1 rings (SSSR count). The molecule has 12 heteroatoms. The van der Waals surface area contributed by atoms with Crippen molar-refractivity contribution in [3.05, 3.63) is 0 Å². The first kappa shape index (κ1) is 52.9. The Balaban J connectivity index is 2.92. The number of amides is 2. The van der Waals surface area contributed by atoms with Gasteiger partial charge in [-0.05, 0) is 32.6 Å². The van der Waals surface area contributed by atoms with Crippen molar-refractivity contribution in [1.29, 1.82) is 0 Å². The molecule has 12 nitrogen and oxygen atoms in total. The number of hydrogen-bond acceptors (Lipinski definition) is 9. The number of ketones is 1. The van der Waals surface area contributed by atoms with Crippen LogP contribution in [0.2, 0.25) is 0 Å². The Morgan fingerprint density at radius 2 is 1.04 bits per heavy atom. The Bertz CT molecular complexity index is 1080. The molecule has 0 aromatic rings. The van der Waals surface area contributed by atoms with Gasteiger partial charge in [0.25, 0.3) is 0 Å². The lowest BCUT2D eigenvalue weighted by molar-refractivity contribution is -0.291. The molecule has 0 aromatic carbocycles. The highest BCUT2D eigenvalue weighted by atomic mass is 16.6. The number of aliphatic hydroxyl groups excluding tert-OH is 3. The summed E-state index contributed by atoms with van der Waals surface area (Å²) in [6.45, 7) is 5.36. The van der Waals surface area contributed by atoms with E-state index in [0.717, 1.165) is 44.9 Å². The zero-order valence-electron chi connectivity index (χ0n) is 36.4. The van der Waals surface area contributed by atoms with E-state index in [0.29, 0.717) is 25.7 Å². The van der Waals surface area contributed by atoms with Crippen LogP contribution in [0.25, 0.3) is 0 Å². The van der Waals surface area contributed by atoms with Crippen molar-refractivity contribution >= 4 is 23.6 Å². The number of hydrogen-bond donors (Lipinski definition) is 6. The molecule has 1 aliphatic heterocycles. The van der Waals surface area contributed by atoms with Crippen LogP contribution in [0.4, 0.5) is 0 Å². The molecule has 1 heterocycles. The van der Waals surface area contributed by atoms with Gasteiger partial charge in [0.05, 0.1) is 18.8 Å². The van der Waals surface area contributed by atoms with Gasteiger partial charge in [-0.15, -0.1) is 0 Å². The third kappa shape index (κ3) is 22.2. The lowest BCUT2D eigenvalue weighted by Crippen LogP contribution is -2.76. The molecule has 0 spiro atoms. The molecule has 1 saturated heterocycles. The summed E-state index contributed by atoms with van der Waals surface area (Å²) in [4.78, 5) is 53.0. The van der Waals surface area contributed by atoms with Gasteiger partial charge in [-0.25, -0.2) is 0 Å². The summed E-state index contributed by atoms with van der Waals surface area (Å²) in [5.74, 6) is -6.28. The predicted octanol–water partition coefficient (Wildman–Crippen LogP) is 8.06. The van der Waals surface area contributed by atoms with Crippen molar-refractivity contribution in [2.24, 2.45) is 11.7 Å². The number of Topliss-reactive ketones (excluding diaryl/α,β-unsaturated/α-hetero) is 1. The van der Waals surface area contributed by atoms with Crippen molar-refractivity contribution in [1.82, 2.24) is 10.2 Å². The number of nitrogens with one attached hydrogen (secondary N) is 1. The number of carboxylic acids is 1. The average Bonchev–Trinajstić information content (AvgIpc) is 3.18. The van der Waals surface area contributed by atoms with Crippen molar-refractivity contribution in [3.8, 4) is 0 Å². The Labute approximate surface area is 345 Å². The lowest BCUT2D eigenvalue weighted by atomic mass is 9.80. The molecule has 0 aromatic heterocycles. The quantitative estimate of drug-likeness (QED) is 0.0263. The highest BCUT2D eigenvalue weighted by molar-refractivity contribution is 5.92. The normalized spacial score (nSPS) is 21.3. The van der Waals surface area contributed by atoms with E-state index >= 15 is 0 Å². The maximum atomic E-state index is 14.1. The Morgan fingerprint density at radius 3 is 1.47 bits per heavy atom. The SMILES string of the molecule is CCCCCCCCCCCCCCCCCCN(C(=O)CCCCCCCCCCC)[C@]1(N)O[C@H](CO)[C@@H](O)[C@H](O)[C@H]1C(=O)[C@H](C)NC(=O)CCCCC(=O)O. The third-order valence-electron chi connectivity index (χ3n) is 11.6. The molecular weight excluding hydrogens is 727 g/mol. The Hall–Kier alpha value is -2.12. The van der Waals surface area contributed by atoms with E-state index in [4.69, 9.17) is 15.6 Å². The number of nitrogens with zero attached hydrogens (tertiary/aromatic N) is 1. The largest absolute Gasteiger partial charge is 0.481 e. The van der Waals surface area contributed by atoms with Crippen LogP contribution in [-0.2, 0) is 23.9 Å². The average molecular weight is 812 g/mol. The van der Waals surface area contributed by atoms with Crippen LogP contribution in [0.15, 0.2) is 0 Å². The first-order valence-corrected chi connectivity index (χ1v) is 23.2. The topological polar surface area (TPSA) is 200 Å². The fourth-order valence-corrected chi connectivity index (χ4v) is 8.05. The molecule has 1 fully saturated rings. The van der Waals surface area contributed by atoms with E-state index in [2.05, 4.69) is 19.2 Å². The van der Waals surface area contributed by atoms with Gasteiger partial charge >= 0.3 is 5.97 Å². The number of rotatable bonds is 37. The van der Waals surface area contributed by atoms with Crippen LogP contribution in [0.5, 0.6) is 0 Å². The smallest absolute Gasteiger partial charge is 0.303 e. The van der Waals surface area contributed by atoms with Gasteiger partial charge in [-0.3, -0.25) is 24.9 Å². The van der Waals surface area contributed by atoms with Gasteiger partial charge in [-0.2, -0.15) is 0 Å². The summed E-state index contributed by atoms with van der Waals surface area (Å²) < 4.78 is 6.08. The van der Waals surface area contributed by atoms with Gasteiger partial charge in [-0.1, -0.05) is 162 Å². The number of aliphatic hydroxyl groups is 3. The molecule has 334 valence electrons. The van der Waals surface area contributed by atoms with Gasteiger partial charge in [0.1, 0.15) is 18.1 Å². The second kappa shape index (κ2) is 32.7. The van der Waals surface area contributed by atoms with Crippen LogP contribution >= 0.6 is 0 Å². The van der Waals surface area contributed by atoms with E-state index in [-0.39, 0.29) is 31.7 Å². The molecule has 1 aliphatic rings. The number of carbonyl (C=O) groups excluding carboxylic acids is 3. The minimum Gasteiger partial charge on any atom is -0.481 e. The summed E-state index contributed by atoms with van der Waals surface area (Å²) in [5, 5.41) is 43.9. The zero-order chi connectivity index (χ0) is 42.3. The maximum Gasteiger partial charge on any atom is 0.303 e. The monoisotopic (exact) mass is 812 g/mol. The van der Waals surface area contributed by atoms with E-state index in [9.17, 15) is 34.5 Å². The van der Waals surface area contributed by atoms with Crippen LogP contribution < -0.4 is 11.1 Å². The summed E-state index contributed by atoms with van der Waals surface area (Å²) in [6.07, 6.45) is 24.7. The zero-order valence-corrected chi connectivity index (χ0v) is 36.4. The highest BCUT2D eigenvalue weighted by Gasteiger charge is 2.59. The lowest BCUT2D eigenvalue weighted by Gasteiger charge is -2.53. The van der Waals surface area contributed by atoms with Crippen molar-refractivity contribution in [2.75, 3.05) is 13.2 Å². The van der Waals surface area contributed by atoms with Gasteiger partial charge in [0.2, 0.25) is 17.7 Å².